The average molecular weight is 423 g/mol. The molecule has 0 aliphatic carbocycles. The predicted molar refractivity (Wildman–Crippen MR) is 89.6 cm³/mol. The molecule has 1 aliphatic heterocycles. The van der Waals surface area contributed by atoms with E-state index in [1.807, 2.05) is 0 Å². The standard InChI is InChI=1S/C11H21NO10S3/c1-24(17)4-2-3-7(12-22-25(18,19)20)23-11-10(16)9(15)8(14)6(5-13)21-11/h6,8-11,13-16H,2-5H2,1H3,(H,18,19,20)/b12-7+. The summed E-state index contributed by atoms with van der Waals surface area (Å²) in [7, 11) is -5.94. The molecule has 14 heteroatoms. The molecule has 1 aliphatic rings. The molecule has 0 aromatic carbocycles. The first-order valence-corrected chi connectivity index (χ1v) is 11.0. The van der Waals surface area contributed by atoms with Crippen LogP contribution in [0, 0.1) is 0 Å². The van der Waals surface area contributed by atoms with Crippen molar-refractivity contribution in [3.05, 3.63) is 0 Å². The zero-order chi connectivity index (χ0) is 19.2. The second-order valence-electron chi connectivity index (χ2n) is 5.18. The minimum absolute atomic E-state index is 0.0209. The van der Waals surface area contributed by atoms with Crippen molar-refractivity contribution in [2.75, 3.05) is 18.6 Å². The van der Waals surface area contributed by atoms with E-state index >= 15 is 0 Å². The summed E-state index contributed by atoms with van der Waals surface area (Å²) in [4.78, 5) is 0. The molecule has 5 N–H and O–H groups in total. The second kappa shape index (κ2) is 10.1. The molecule has 25 heavy (non-hydrogen) atoms. The number of ether oxygens (including phenoxy) is 1. The first kappa shape index (κ1) is 22.7. The third-order valence-electron chi connectivity index (χ3n) is 3.16. The summed E-state index contributed by atoms with van der Waals surface area (Å²) < 4.78 is 50.2. The highest BCUT2D eigenvalue weighted by molar-refractivity contribution is 8.14. The molecule has 1 heterocycles. The van der Waals surface area contributed by atoms with E-state index in [2.05, 4.69) is 9.44 Å². The summed E-state index contributed by atoms with van der Waals surface area (Å²) in [5.41, 5.74) is -1.19. The minimum atomic E-state index is -4.84. The summed E-state index contributed by atoms with van der Waals surface area (Å²) >= 11 is 0.687. The van der Waals surface area contributed by atoms with Gasteiger partial charge in [-0.2, -0.15) is 8.42 Å². The topological polar surface area (TPSA) is 183 Å². The normalized spacial score (nSPS) is 32.4. The number of hydrogen-bond acceptors (Lipinski definition) is 11. The van der Waals surface area contributed by atoms with Gasteiger partial charge in [0.25, 0.3) is 0 Å². The Kier molecular flexibility index (Phi) is 9.20. The summed E-state index contributed by atoms with van der Waals surface area (Å²) in [6, 6.07) is 0. The van der Waals surface area contributed by atoms with E-state index in [1.165, 1.54) is 6.26 Å². The van der Waals surface area contributed by atoms with Crippen molar-refractivity contribution in [3.63, 3.8) is 0 Å². The van der Waals surface area contributed by atoms with Gasteiger partial charge >= 0.3 is 10.4 Å². The van der Waals surface area contributed by atoms with Crippen LogP contribution in [0.2, 0.25) is 0 Å². The van der Waals surface area contributed by atoms with Gasteiger partial charge in [-0.25, -0.2) is 4.28 Å². The van der Waals surface area contributed by atoms with Crippen LogP contribution in [0.5, 0.6) is 0 Å². The molecule has 0 amide bonds. The number of aliphatic hydroxyl groups is 4. The number of rotatable bonds is 8. The van der Waals surface area contributed by atoms with Gasteiger partial charge in [-0.3, -0.25) is 8.76 Å². The van der Waals surface area contributed by atoms with Gasteiger partial charge in [0.15, 0.2) is 0 Å². The molecule has 0 radical (unpaired) electrons. The Labute approximate surface area is 151 Å². The van der Waals surface area contributed by atoms with Gasteiger partial charge in [-0.1, -0.05) is 16.9 Å². The molecule has 1 saturated heterocycles. The quantitative estimate of drug-likeness (QED) is 0.124. The van der Waals surface area contributed by atoms with Gasteiger partial charge in [0, 0.05) is 29.2 Å². The Bertz CT molecular complexity index is 581. The fourth-order valence-electron chi connectivity index (χ4n) is 1.94. The third kappa shape index (κ3) is 7.84. The first-order valence-electron chi connectivity index (χ1n) is 7.05. The van der Waals surface area contributed by atoms with Crippen molar-refractivity contribution in [2.24, 2.45) is 5.16 Å². The minimum Gasteiger partial charge on any atom is -0.394 e. The molecule has 0 spiro atoms. The van der Waals surface area contributed by atoms with Gasteiger partial charge in [-0.15, -0.1) is 0 Å². The molecule has 148 valence electrons. The first-order chi connectivity index (χ1) is 11.5. The lowest BCUT2D eigenvalue weighted by atomic mass is 10.0. The Balaban J connectivity index is 2.85. The Morgan fingerprint density at radius 2 is 1.92 bits per heavy atom. The maximum atomic E-state index is 11.1. The van der Waals surface area contributed by atoms with E-state index in [9.17, 15) is 27.9 Å². The van der Waals surface area contributed by atoms with Crippen LogP contribution < -0.4 is 0 Å². The lowest BCUT2D eigenvalue weighted by molar-refractivity contribution is -0.205. The molecular formula is C11H21NO10S3. The number of nitrogens with zero attached hydrogens (tertiary/aromatic N) is 1. The van der Waals surface area contributed by atoms with Gasteiger partial charge < -0.3 is 25.2 Å². The van der Waals surface area contributed by atoms with Crippen molar-refractivity contribution >= 4 is 38.0 Å². The van der Waals surface area contributed by atoms with Crippen LogP contribution in [-0.2, 0) is 30.2 Å². The fourth-order valence-corrected chi connectivity index (χ4v) is 3.83. The van der Waals surface area contributed by atoms with E-state index < -0.39 is 57.7 Å². The van der Waals surface area contributed by atoms with E-state index in [-0.39, 0.29) is 11.5 Å². The van der Waals surface area contributed by atoms with Crippen molar-refractivity contribution in [3.8, 4) is 0 Å². The number of hydrogen-bond donors (Lipinski definition) is 5. The van der Waals surface area contributed by atoms with E-state index in [0.29, 0.717) is 23.9 Å². The molecule has 0 aromatic heterocycles. The molecule has 11 nitrogen and oxygen atoms in total. The van der Waals surface area contributed by atoms with Crippen LogP contribution in [0.15, 0.2) is 5.16 Å². The van der Waals surface area contributed by atoms with Gasteiger partial charge in [0.1, 0.15) is 34.9 Å². The molecule has 6 unspecified atom stereocenters. The van der Waals surface area contributed by atoms with Crippen molar-refractivity contribution in [2.45, 2.75) is 42.7 Å². The summed E-state index contributed by atoms with van der Waals surface area (Å²) in [5, 5.41) is 41.8. The Hall–Kier alpha value is -0.320. The third-order valence-corrected chi connectivity index (χ3v) is 5.46. The van der Waals surface area contributed by atoms with Gasteiger partial charge in [-0.05, 0) is 6.42 Å². The highest BCUT2D eigenvalue weighted by Gasteiger charge is 2.44. The van der Waals surface area contributed by atoms with Crippen LogP contribution in [0.25, 0.3) is 0 Å². The number of oxime groups is 1. The molecule has 0 aromatic rings. The largest absolute Gasteiger partial charge is 0.466 e. The van der Waals surface area contributed by atoms with E-state index in [4.69, 9.17) is 14.4 Å². The zero-order valence-electron chi connectivity index (χ0n) is 13.2. The predicted octanol–water partition coefficient (Wildman–Crippen LogP) is -2.19. The maximum absolute atomic E-state index is 11.1. The van der Waals surface area contributed by atoms with E-state index in [0.717, 1.165) is 0 Å². The molecule has 1 fully saturated rings. The zero-order valence-corrected chi connectivity index (χ0v) is 15.6. The highest BCUT2D eigenvalue weighted by Crippen LogP contribution is 2.30. The Morgan fingerprint density at radius 1 is 1.28 bits per heavy atom. The van der Waals surface area contributed by atoms with Crippen molar-refractivity contribution in [1.29, 1.82) is 0 Å². The van der Waals surface area contributed by atoms with Gasteiger partial charge in [0.05, 0.1) is 6.61 Å². The summed E-state index contributed by atoms with van der Waals surface area (Å²) in [5.74, 6) is 0.292. The van der Waals surface area contributed by atoms with E-state index in [1.54, 1.807) is 0 Å². The van der Waals surface area contributed by atoms with Gasteiger partial charge in [0.2, 0.25) is 0 Å². The van der Waals surface area contributed by atoms with Crippen LogP contribution in [-0.4, -0.2) is 91.1 Å². The molecule has 0 saturated carbocycles. The Morgan fingerprint density at radius 3 is 2.44 bits per heavy atom. The lowest BCUT2D eigenvalue weighted by Gasteiger charge is -2.39. The number of aliphatic hydroxyl groups excluding tert-OH is 4. The molecule has 0 bridgehead atoms. The summed E-state index contributed by atoms with van der Waals surface area (Å²) in [6.45, 7) is -0.620. The molecule has 6 atom stereocenters. The highest BCUT2D eigenvalue weighted by atomic mass is 32.3. The van der Waals surface area contributed by atoms with Crippen LogP contribution >= 0.6 is 11.8 Å². The number of thioether (sulfide) groups is 1. The fraction of sp³-hybridized carbons (Fsp3) is 0.909. The maximum Gasteiger partial charge on any atom is 0.466 e. The lowest BCUT2D eigenvalue weighted by Crippen LogP contribution is -2.57. The monoisotopic (exact) mass is 423 g/mol. The van der Waals surface area contributed by atoms with Crippen molar-refractivity contribution in [1.82, 2.24) is 0 Å². The van der Waals surface area contributed by atoms with Crippen LogP contribution in [0.4, 0.5) is 0 Å². The van der Waals surface area contributed by atoms with Crippen LogP contribution in [0.3, 0.4) is 0 Å². The van der Waals surface area contributed by atoms with Crippen molar-refractivity contribution < 1.29 is 46.6 Å². The average Bonchev–Trinajstić information content (AvgIpc) is 2.51. The summed E-state index contributed by atoms with van der Waals surface area (Å²) in [6.07, 6.45) is -3.92. The second-order valence-corrected chi connectivity index (χ2v) is 8.91. The SMILES string of the molecule is CS(=O)CCC/C(=N\OS(=O)(=O)O)SC1OC(CO)C(O)C(O)C1O. The van der Waals surface area contributed by atoms with Crippen LogP contribution in [0.1, 0.15) is 12.8 Å². The molecular weight excluding hydrogens is 402 g/mol. The molecule has 1 rings (SSSR count). The smallest absolute Gasteiger partial charge is 0.394 e.